The summed E-state index contributed by atoms with van der Waals surface area (Å²) in [6.07, 6.45) is 5.53. The Morgan fingerprint density at radius 2 is 2.31 bits per heavy atom. The van der Waals surface area contributed by atoms with Gasteiger partial charge in [0.15, 0.2) is 0 Å². The fourth-order valence-electron chi connectivity index (χ4n) is 2.89. The van der Waals surface area contributed by atoms with Crippen molar-refractivity contribution in [3.8, 4) is 0 Å². The number of nitrogens with zero attached hydrogens (tertiary/aromatic N) is 1. The summed E-state index contributed by atoms with van der Waals surface area (Å²) < 4.78 is 5.78. The Balaban J connectivity index is 1.74. The van der Waals surface area contributed by atoms with Crippen LogP contribution in [0.5, 0.6) is 0 Å². The van der Waals surface area contributed by atoms with Crippen LogP contribution in [0.3, 0.4) is 0 Å². The third-order valence-electron chi connectivity index (χ3n) is 3.98. The van der Waals surface area contributed by atoms with Crippen LogP contribution in [0.2, 0.25) is 0 Å². The Morgan fingerprint density at radius 1 is 1.44 bits per heavy atom. The van der Waals surface area contributed by atoms with Gasteiger partial charge in [-0.3, -0.25) is 4.90 Å². The molecule has 0 spiro atoms. The smallest absolute Gasteiger partial charge is 0.0728 e. The predicted octanol–water partition coefficient (Wildman–Crippen LogP) is 1.63. The first-order valence-corrected chi connectivity index (χ1v) is 6.90. The number of hydrogen-bond acceptors (Lipinski definition) is 3. The predicted molar refractivity (Wildman–Crippen MR) is 66.7 cm³/mol. The first-order valence-electron chi connectivity index (χ1n) is 6.90. The second-order valence-electron chi connectivity index (χ2n) is 5.23. The van der Waals surface area contributed by atoms with Gasteiger partial charge in [-0.05, 0) is 39.2 Å². The third kappa shape index (κ3) is 2.96. The molecule has 0 radical (unpaired) electrons. The Hall–Kier alpha value is -0.120. The molecule has 0 saturated carbocycles. The molecule has 0 amide bonds. The Bertz CT molecular complexity index is 204. The molecule has 1 N–H and O–H groups in total. The van der Waals surface area contributed by atoms with Crippen LogP contribution in [0, 0.1) is 0 Å². The van der Waals surface area contributed by atoms with E-state index in [1.807, 2.05) is 0 Å². The van der Waals surface area contributed by atoms with Crippen molar-refractivity contribution in [2.24, 2.45) is 0 Å². The van der Waals surface area contributed by atoms with Crippen LogP contribution in [0.15, 0.2) is 0 Å². The van der Waals surface area contributed by atoms with E-state index < -0.39 is 0 Å². The third-order valence-corrected chi connectivity index (χ3v) is 3.98. The van der Waals surface area contributed by atoms with Gasteiger partial charge < -0.3 is 10.1 Å². The van der Waals surface area contributed by atoms with Crippen LogP contribution in [-0.2, 0) is 4.74 Å². The number of likely N-dealkylation sites (tertiary alicyclic amines) is 1. The van der Waals surface area contributed by atoms with Crippen LogP contribution in [0.1, 0.15) is 39.5 Å². The zero-order valence-electron chi connectivity index (χ0n) is 10.7. The Labute approximate surface area is 99.5 Å². The Morgan fingerprint density at radius 3 is 3.00 bits per heavy atom. The molecule has 0 aromatic rings. The Kier molecular flexibility index (Phi) is 4.62. The van der Waals surface area contributed by atoms with E-state index in [1.165, 1.54) is 38.8 Å². The van der Waals surface area contributed by atoms with Crippen molar-refractivity contribution in [3.05, 3.63) is 0 Å². The molecule has 16 heavy (non-hydrogen) atoms. The van der Waals surface area contributed by atoms with Gasteiger partial charge >= 0.3 is 0 Å². The lowest BCUT2D eigenvalue weighted by Crippen LogP contribution is -2.42. The second kappa shape index (κ2) is 5.99. The van der Waals surface area contributed by atoms with Gasteiger partial charge in [-0.1, -0.05) is 6.92 Å². The highest BCUT2D eigenvalue weighted by molar-refractivity contribution is 4.88. The average molecular weight is 226 g/mol. The van der Waals surface area contributed by atoms with Gasteiger partial charge in [0.2, 0.25) is 0 Å². The summed E-state index contributed by atoms with van der Waals surface area (Å²) in [6.45, 7) is 9.14. The van der Waals surface area contributed by atoms with Crippen molar-refractivity contribution in [1.29, 1.82) is 0 Å². The molecule has 0 aliphatic carbocycles. The second-order valence-corrected chi connectivity index (χ2v) is 5.23. The maximum Gasteiger partial charge on any atom is 0.0728 e. The van der Waals surface area contributed by atoms with Crippen LogP contribution in [-0.4, -0.2) is 49.3 Å². The molecule has 3 unspecified atom stereocenters. The molecular weight excluding hydrogens is 200 g/mol. The lowest BCUT2D eigenvalue weighted by Gasteiger charge is -2.28. The topological polar surface area (TPSA) is 24.5 Å². The molecule has 3 nitrogen and oxygen atoms in total. The van der Waals surface area contributed by atoms with E-state index in [-0.39, 0.29) is 0 Å². The molecule has 3 heteroatoms. The molecule has 2 fully saturated rings. The summed E-state index contributed by atoms with van der Waals surface area (Å²) in [5.74, 6) is 0. The molecule has 2 saturated heterocycles. The SMILES string of the molecule is CCCNC1CCN(C(C)C2CCCO2)C1. The highest BCUT2D eigenvalue weighted by Crippen LogP contribution is 2.22. The van der Waals surface area contributed by atoms with Crippen molar-refractivity contribution < 1.29 is 4.74 Å². The van der Waals surface area contributed by atoms with Crippen LogP contribution in [0.25, 0.3) is 0 Å². The molecule has 0 aromatic carbocycles. The zero-order chi connectivity index (χ0) is 11.4. The molecule has 3 atom stereocenters. The molecule has 2 rings (SSSR count). The summed E-state index contributed by atoms with van der Waals surface area (Å²) in [5, 5.41) is 3.62. The minimum absolute atomic E-state index is 0.491. The maximum absolute atomic E-state index is 5.78. The minimum Gasteiger partial charge on any atom is -0.377 e. The van der Waals surface area contributed by atoms with E-state index in [0.29, 0.717) is 18.2 Å². The van der Waals surface area contributed by atoms with E-state index in [4.69, 9.17) is 4.74 Å². The van der Waals surface area contributed by atoms with E-state index in [1.54, 1.807) is 0 Å². The van der Waals surface area contributed by atoms with Crippen molar-refractivity contribution in [2.45, 2.75) is 57.7 Å². The lowest BCUT2D eigenvalue weighted by molar-refractivity contribution is 0.0399. The average Bonchev–Trinajstić information content (AvgIpc) is 2.96. The summed E-state index contributed by atoms with van der Waals surface area (Å²) in [6, 6.07) is 1.32. The summed E-state index contributed by atoms with van der Waals surface area (Å²) in [4.78, 5) is 2.60. The van der Waals surface area contributed by atoms with Crippen LogP contribution in [0.4, 0.5) is 0 Å². The maximum atomic E-state index is 5.78. The quantitative estimate of drug-likeness (QED) is 0.771. The fraction of sp³-hybridized carbons (Fsp3) is 1.00. The molecule has 0 aromatic heterocycles. The van der Waals surface area contributed by atoms with Crippen molar-refractivity contribution in [3.63, 3.8) is 0 Å². The molecule has 0 bridgehead atoms. The van der Waals surface area contributed by atoms with Crippen molar-refractivity contribution >= 4 is 0 Å². The van der Waals surface area contributed by atoms with E-state index in [2.05, 4.69) is 24.1 Å². The van der Waals surface area contributed by atoms with Gasteiger partial charge in [0.1, 0.15) is 0 Å². The first kappa shape index (κ1) is 12.3. The van der Waals surface area contributed by atoms with E-state index >= 15 is 0 Å². The molecule has 94 valence electrons. The molecule has 2 aliphatic heterocycles. The normalized spacial score (nSPS) is 33.4. The first-order chi connectivity index (χ1) is 7.81. The molecule has 2 heterocycles. The largest absolute Gasteiger partial charge is 0.377 e. The molecular formula is C13H26N2O. The molecule has 2 aliphatic rings. The number of nitrogens with one attached hydrogen (secondary N) is 1. The summed E-state index contributed by atoms with van der Waals surface area (Å²) >= 11 is 0. The van der Waals surface area contributed by atoms with Gasteiger partial charge in [-0.2, -0.15) is 0 Å². The summed E-state index contributed by atoms with van der Waals surface area (Å²) in [5.41, 5.74) is 0. The highest BCUT2D eigenvalue weighted by atomic mass is 16.5. The van der Waals surface area contributed by atoms with Crippen molar-refractivity contribution in [1.82, 2.24) is 10.2 Å². The zero-order valence-corrected chi connectivity index (χ0v) is 10.7. The lowest BCUT2D eigenvalue weighted by atomic mass is 10.1. The van der Waals surface area contributed by atoms with Crippen LogP contribution >= 0.6 is 0 Å². The standard InChI is InChI=1S/C13H26N2O/c1-3-7-14-12-6-8-15(10-12)11(2)13-5-4-9-16-13/h11-14H,3-10H2,1-2H3. The van der Waals surface area contributed by atoms with Gasteiger partial charge in [-0.15, -0.1) is 0 Å². The minimum atomic E-state index is 0.491. The number of hydrogen-bond donors (Lipinski definition) is 1. The monoisotopic (exact) mass is 226 g/mol. The van der Waals surface area contributed by atoms with E-state index in [0.717, 1.165) is 13.2 Å². The van der Waals surface area contributed by atoms with Gasteiger partial charge in [0.25, 0.3) is 0 Å². The highest BCUT2D eigenvalue weighted by Gasteiger charge is 2.31. The fourth-order valence-corrected chi connectivity index (χ4v) is 2.89. The van der Waals surface area contributed by atoms with Crippen LogP contribution < -0.4 is 5.32 Å². The number of ether oxygens (including phenoxy) is 1. The van der Waals surface area contributed by atoms with Crippen molar-refractivity contribution in [2.75, 3.05) is 26.2 Å². The van der Waals surface area contributed by atoms with Gasteiger partial charge in [-0.25, -0.2) is 0 Å². The summed E-state index contributed by atoms with van der Waals surface area (Å²) in [7, 11) is 0. The van der Waals surface area contributed by atoms with Gasteiger partial charge in [0, 0.05) is 31.8 Å². The van der Waals surface area contributed by atoms with E-state index in [9.17, 15) is 0 Å². The number of rotatable bonds is 5. The van der Waals surface area contributed by atoms with Gasteiger partial charge in [0.05, 0.1) is 6.10 Å².